The number of sulfonamides is 1. The van der Waals surface area contributed by atoms with E-state index < -0.39 is 15.9 Å². The van der Waals surface area contributed by atoms with Crippen molar-refractivity contribution in [2.24, 2.45) is 5.92 Å². The summed E-state index contributed by atoms with van der Waals surface area (Å²) in [6.45, 7) is 0.811. The van der Waals surface area contributed by atoms with Crippen LogP contribution >= 0.6 is 0 Å². The standard InChI is InChI=1S/C19H23N3O5S/c1-28(25,26)22-10-4-6-14(13-22)18(23)21-17-9-3-2-8-16(17)19(24)20-12-15-7-5-11-27-15/h2-3,5,7-9,11,14H,4,6,10,12-13H2,1H3,(H,20,24)(H,21,23). The van der Waals surface area contributed by atoms with Gasteiger partial charge in [-0.1, -0.05) is 12.1 Å². The predicted molar refractivity (Wildman–Crippen MR) is 104 cm³/mol. The zero-order chi connectivity index (χ0) is 20.1. The molecule has 1 atom stereocenters. The highest BCUT2D eigenvalue weighted by atomic mass is 32.2. The van der Waals surface area contributed by atoms with E-state index in [0.717, 1.165) is 6.26 Å². The van der Waals surface area contributed by atoms with E-state index in [1.807, 2.05) is 0 Å². The predicted octanol–water partition coefficient (Wildman–Crippen LogP) is 1.82. The molecule has 8 nitrogen and oxygen atoms in total. The lowest BCUT2D eigenvalue weighted by molar-refractivity contribution is -0.120. The number of nitrogens with one attached hydrogen (secondary N) is 2. The molecular formula is C19H23N3O5S. The van der Waals surface area contributed by atoms with Gasteiger partial charge in [-0.3, -0.25) is 9.59 Å². The van der Waals surface area contributed by atoms with Crippen molar-refractivity contribution >= 4 is 27.5 Å². The number of para-hydroxylation sites is 1. The first-order chi connectivity index (χ1) is 13.3. The van der Waals surface area contributed by atoms with Gasteiger partial charge in [0.25, 0.3) is 5.91 Å². The molecule has 2 aromatic rings. The molecule has 2 N–H and O–H groups in total. The minimum absolute atomic E-state index is 0.150. The molecule has 0 aliphatic carbocycles. The molecule has 2 heterocycles. The second kappa shape index (κ2) is 8.57. The van der Waals surface area contributed by atoms with Gasteiger partial charge in [-0.05, 0) is 37.1 Å². The van der Waals surface area contributed by atoms with Crippen molar-refractivity contribution in [3.63, 3.8) is 0 Å². The third kappa shape index (κ3) is 4.99. The topological polar surface area (TPSA) is 109 Å². The minimum atomic E-state index is -3.34. The molecule has 0 radical (unpaired) electrons. The lowest BCUT2D eigenvalue weighted by atomic mass is 9.98. The van der Waals surface area contributed by atoms with Crippen LogP contribution in [0.4, 0.5) is 5.69 Å². The number of benzene rings is 1. The Labute approximate surface area is 164 Å². The van der Waals surface area contributed by atoms with Crippen LogP contribution < -0.4 is 10.6 Å². The Morgan fingerprint density at radius 3 is 2.71 bits per heavy atom. The summed E-state index contributed by atoms with van der Waals surface area (Å²) < 4.78 is 30.0. The van der Waals surface area contributed by atoms with Crippen LogP contribution in [0.25, 0.3) is 0 Å². The fourth-order valence-electron chi connectivity index (χ4n) is 3.16. The van der Waals surface area contributed by atoms with E-state index in [2.05, 4.69) is 10.6 Å². The highest BCUT2D eigenvalue weighted by molar-refractivity contribution is 7.88. The molecule has 1 aliphatic heterocycles. The smallest absolute Gasteiger partial charge is 0.253 e. The maximum absolute atomic E-state index is 12.7. The lowest BCUT2D eigenvalue weighted by Crippen LogP contribution is -2.43. The van der Waals surface area contributed by atoms with Crippen molar-refractivity contribution in [3.05, 3.63) is 54.0 Å². The fraction of sp³-hybridized carbons (Fsp3) is 0.368. The molecule has 1 aromatic heterocycles. The zero-order valence-corrected chi connectivity index (χ0v) is 16.4. The first-order valence-corrected chi connectivity index (χ1v) is 10.8. The van der Waals surface area contributed by atoms with E-state index in [4.69, 9.17) is 4.42 Å². The number of rotatable bonds is 6. The van der Waals surface area contributed by atoms with Crippen molar-refractivity contribution in [3.8, 4) is 0 Å². The molecule has 1 saturated heterocycles. The molecule has 1 unspecified atom stereocenters. The fourth-order valence-corrected chi connectivity index (χ4v) is 4.07. The summed E-state index contributed by atoms with van der Waals surface area (Å²) in [6, 6.07) is 10.2. The molecule has 1 aromatic carbocycles. The minimum Gasteiger partial charge on any atom is -0.467 e. The summed E-state index contributed by atoms with van der Waals surface area (Å²) in [5.74, 6) is -0.464. The number of amides is 2. The van der Waals surface area contributed by atoms with Gasteiger partial charge >= 0.3 is 0 Å². The summed E-state index contributed by atoms with van der Waals surface area (Å²) in [4.78, 5) is 25.2. The Morgan fingerprint density at radius 1 is 1.21 bits per heavy atom. The summed E-state index contributed by atoms with van der Waals surface area (Å²) in [7, 11) is -3.34. The van der Waals surface area contributed by atoms with Crippen molar-refractivity contribution in [2.45, 2.75) is 19.4 Å². The average molecular weight is 405 g/mol. The number of carbonyl (C=O) groups excluding carboxylic acids is 2. The number of carbonyl (C=O) groups is 2. The van der Waals surface area contributed by atoms with Crippen molar-refractivity contribution in [1.82, 2.24) is 9.62 Å². The van der Waals surface area contributed by atoms with E-state index in [0.29, 0.717) is 36.4 Å². The van der Waals surface area contributed by atoms with Crippen LogP contribution in [0.2, 0.25) is 0 Å². The maximum atomic E-state index is 12.7. The molecule has 0 bridgehead atoms. The molecular weight excluding hydrogens is 382 g/mol. The molecule has 0 spiro atoms. The lowest BCUT2D eigenvalue weighted by Gasteiger charge is -2.30. The molecule has 1 aliphatic rings. The van der Waals surface area contributed by atoms with Crippen molar-refractivity contribution in [2.75, 3.05) is 24.7 Å². The normalized spacial score (nSPS) is 17.8. The second-order valence-corrected chi connectivity index (χ2v) is 8.74. The van der Waals surface area contributed by atoms with E-state index >= 15 is 0 Å². The van der Waals surface area contributed by atoms with E-state index in [-0.39, 0.29) is 24.9 Å². The molecule has 9 heteroatoms. The number of furan rings is 1. The van der Waals surface area contributed by atoms with E-state index in [1.54, 1.807) is 36.4 Å². The highest BCUT2D eigenvalue weighted by Crippen LogP contribution is 2.22. The van der Waals surface area contributed by atoms with Crippen molar-refractivity contribution < 1.29 is 22.4 Å². The third-order valence-electron chi connectivity index (χ3n) is 4.66. The first kappa shape index (κ1) is 20.1. The van der Waals surface area contributed by atoms with Crippen LogP contribution in [0.15, 0.2) is 47.1 Å². The molecule has 2 amide bonds. The van der Waals surface area contributed by atoms with Crippen LogP contribution in [-0.4, -0.2) is 43.9 Å². The first-order valence-electron chi connectivity index (χ1n) is 9.00. The van der Waals surface area contributed by atoms with Crippen LogP contribution in [0, 0.1) is 5.92 Å². The molecule has 3 rings (SSSR count). The number of hydrogen-bond acceptors (Lipinski definition) is 5. The van der Waals surface area contributed by atoms with Crippen LogP contribution in [0.1, 0.15) is 29.0 Å². The summed E-state index contributed by atoms with van der Waals surface area (Å²) in [5, 5.41) is 5.53. The zero-order valence-electron chi connectivity index (χ0n) is 15.6. The molecule has 150 valence electrons. The van der Waals surface area contributed by atoms with Gasteiger partial charge in [0.2, 0.25) is 15.9 Å². The maximum Gasteiger partial charge on any atom is 0.253 e. The van der Waals surface area contributed by atoms with Crippen LogP contribution in [0.5, 0.6) is 0 Å². The Morgan fingerprint density at radius 2 is 2.00 bits per heavy atom. The molecule has 28 heavy (non-hydrogen) atoms. The van der Waals surface area contributed by atoms with Crippen LogP contribution in [-0.2, 0) is 21.4 Å². The Bertz CT molecular complexity index is 940. The Balaban J connectivity index is 1.67. The van der Waals surface area contributed by atoms with Gasteiger partial charge in [0.05, 0.1) is 36.2 Å². The highest BCUT2D eigenvalue weighted by Gasteiger charge is 2.30. The number of hydrogen-bond donors (Lipinski definition) is 2. The van der Waals surface area contributed by atoms with Gasteiger partial charge in [-0.2, -0.15) is 0 Å². The number of nitrogens with zero attached hydrogens (tertiary/aromatic N) is 1. The van der Waals surface area contributed by atoms with Gasteiger partial charge in [-0.25, -0.2) is 12.7 Å². The van der Waals surface area contributed by atoms with Gasteiger partial charge in [0.1, 0.15) is 5.76 Å². The quantitative estimate of drug-likeness (QED) is 0.762. The van der Waals surface area contributed by atoms with Crippen molar-refractivity contribution in [1.29, 1.82) is 0 Å². The average Bonchev–Trinajstić information content (AvgIpc) is 3.19. The van der Waals surface area contributed by atoms with E-state index in [1.165, 1.54) is 10.6 Å². The van der Waals surface area contributed by atoms with Gasteiger partial charge in [-0.15, -0.1) is 0 Å². The monoisotopic (exact) mass is 405 g/mol. The summed E-state index contributed by atoms with van der Waals surface area (Å²) >= 11 is 0. The van der Waals surface area contributed by atoms with E-state index in [9.17, 15) is 18.0 Å². The molecule has 1 fully saturated rings. The van der Waals surface area contributed by atoms with Crippen LogP contribution in [0.3, 0.4) is 0 Å². The second-order valence-electron chi connectivity index (χ2n) is 6.76. The van der Waals surface area contributed by atoms with Gasteiger partial charge in [0.15, 0.2) is 0 Å². The Kier molecular flexibility index (Phi) is 6.15. The van der Waals surface area contributed by atoms with Gasteiger partial charge in [0, 0.05) is 13.1 Å². The number of anilines is 1. The third-order valence-corrected chi connectivity index (χ3v) is 5.93. The summed E-state index contributed by atoms with van der Waals surface area (Å²) in [6.07, 6.45) is 3.90. The molecule has 0 saturated carbocycles. The number of piperidine rings is 1. The Hall–Kier alpha value is -2.65. The van der Waals surface area contributed by atoms with Gasteiger partial charge < -0.3 is 15.1 Å². The summed E-state index contributed by atoms with van der Waals surface area (Å²) in [5.41, 5.74) is 0.721. The SMILES string of the molecule is CS(=O)(=O)N1CCCC(C(=O)Nc2ccccc2C(=O)NCc2ccco2)C1. The largest absolute Gasteiger partial charge is 0.467 e.